The number of benzene rings is 1. The molecule has 8 heteroatoms. The monoisotopic (exact) mass is 314 g/mol. The van der Waals surface area contributed by atoms with Gasteiger partial charge in [-0.15, -0.1) is 0 Å². The zero-order valence-corrected chi connectivity index (χ0v) is 11.8. The molecule has 5 atom stereocenters. The highest BCUT2D eigenvalue weighted by atomic mass is 16.7. The second-order valence-corrected chi connectivity index (χ2v) is 4.84. The molecule has 0 aromatic heterocycles. The van der Waals surface area contributed by atoms with Crippen LogP contribution in [0.5, 0.6) is 11.5 Å². The number of aliphatic hydroxyl groups is 4. The van der Waals surface area contributed by atoms with Crippen LogP contribution in [0.15, 0.2) is 18.2 Å². The van der Waals surface area contributed by atoms with Crippen molar-refractivity contribution < 1.29 is 39.4 Å². The fourth-order valence-corrected chi connectivity index (χ4v) is 2.16. The summed E-state index contributed by atoms with van der Waals surface area (Å²) in [5.74, 6) is 0.504. The first-order valence-electron chi connectivity index (χ1n) is 6.62. The summed E-state index contributed by atoms with van der Waals surface area (Å²) in [5.41, 5.74) is 0.323. The maximum Gasteiger partial charge on any atom is 0.229 e. The first-order chi connectivity index (χ1) is 10.5. The van der Waals surface area contributed by atoms with Crippen LogP contribution >= 0.6 is 0 Å². The van der Waals surface area contributed by atoms with Gasteiger partial charge in [-0.1, -0.05) is 0 Å². The Labute approximate surface area is 126 Å². The van der Waals surface area contributed by atoms with Crippen molar-refractivity contribution in [3.8, 4) is 11.5 Å². The molecule has 4 N–H and O–H groups in total. The number of methoxy groups -OCH3 is 1. The fraction of sp³-hybridized carbons (Fsp3) is 0.500. The predicted octanol–water partition coefficient (Wildman–Crippen LogP) is -1.31. The van der Waals surface area contributed by atoms with E-state index in [1.165, 1.54) is 25.3 Å². The molecule has 1 heterocycles. The van der Waals surface area contributed by atoms with Crippen LogP contribution in [-0.2, 0) is 4.74 Å². The van der Waals surface area contributed by atoms with Crippen molar-refractivity contribution >= 4 is 6.29 Å². The lowest BCUT2D eigenvalue weighted by Crippen LogP contribution is -2.60. The van der Waals surface area contributed by atoms with Crippen LogP contribution in [0.3, 0.4) is 0 Å². The second-order valence-electron chi connectivity index (χ2n) is 4.84. The number of hydrogen-bond acceptors (Lipinski definition) is 8. The van der Waals surface area contributed by atoms with Crippen molar-refractivity contribution in [3.63, 3.8) is 0 Å². The van der Waals surface area contributed by atoms with Crippen molar-refractivity contribution in [2.24, 2.45) is 0 Å². The van der Waals surface area contributed by atoms with E-state index in [0.717, 1.165) is 0 Å². The van der Waals surface area contributed by atoms with Gasteiger partial charge in [0.05, 0.1) is 19.3 Å². The average Bonchev–Trinajstić information content (AvgIpc) is 2.55. The van der Waals surface area contributed by atoms with Gasteiger partial charge in [-0.25, -0.2) is 0 Å². The summed E-state index contributed by atoms with van der Waals surface area (Å²) in [6, 6.07) is 4.35. The van der Waals surface area contributed by atoms with E-state index in [9.17, 15) is 20.1 Å². The third-order valence-corrected chi connectivity index (χ3v) is 3.43. The molecule has 1 aliphatic rings. The molecule has 1 aliphatic heterocycles. The van der Waals surface area contributed by atoms with E-state index in [0.29, 0.717) is 11.8 Å². The third kappa shape index (κ3) is 3.21. The molecular formula is C14H18O8. The van der Waals surface area contributed by atoms with Crippen LogP contribution in [0.2, 0.25) is 0 Å². The number of carbonyl (C=O) groups is 1. The highest BCUT2D eigenvalue weighted by Gasteiger charge is 2.44. The molecule has 1 aromatic rings. The standard InChI is InChI=1S/C14H18O8/c1-20-9-4-8(3-2-7(9)5-15)21-14-13(19)12(18)11(17)10(6-16)22-14/h2-5,10-14,16-19H,6H2,1H3. The Balaban J connectivity index is 2.17. The Hall–Kier alpha value is -1.71. The van der Waals surface area contributed by atoms with Gasteiger partial charge < -0.3 is 34.6 Å². The van der Waals surface area contributed by atoms with Crippen LogP contribution in [-0.4, -0.2) is 71.1 Å². The summed E-state index contributed by atoms with van der Waals surface area (Å²) in [7, 11) is 1.39. The van der Waals surface area contributed by atoms with Gasteiger partial charge in [0.2, 0.25) is 6.29 Å². The lowest BCUT2D eigenvalue weighted by Gasteiger charge is -2.39. The number of aldehydes is 1. The van der Waals surface area contributed by atoms with E-state index in [4.69, 9.17) is 19.3 Å². The van der Waals surface area contributed by atoms with Crippen LogP contribution < -0.4 is 9.47 Å². The molecule has 1 aromatic carbocycles. The lowest BCUT2D eigenvalue weighted by atomic mass is 9.99. The van der Waals surface area contributed by atoms with Gasteiger partial charge in [-0.3, -0.25) is 4.79 Å². The summed E-state index contributed by atoms with van der Waals surface area (Å²) in [5, 5.41) is 38.4. The van der Waals surface area contributed by atoms with Gasteiger partial charge in [-0.2, -0.15) is 0 Å². The quantitative estimate of drug-likeness (QED) is 0.493. The molecule has 0 amide bonds. The summed E-state index contributed by atoms with van der Waals surface area (Å²) < 4.78 is 15.7. The maximum atomic E-state index is 10.8. The summed E-state index contributed by atoms with van der Waals surface area (Å²) in [6.07, 6.45) is -6.20. The number of rotatable bonds is 5. The van der Waals surface area contributed by atoms with E-state index in [1.54, 1.807) is 0 Å². The van der Waals surface area contributed by atoms with E-state index in [1.807, 2.05) is 0 Å². The van der Waals surface area contributed by atoms with Gasteiger partial charge in [0, 0.05) is 6.07 Å². The van der Waals surface area contributed by atoms with Gasteiger partial charge in [0.15, 0.2) is 6.29 Å². The van der Waals surface area contributed by atoms with Crippen LogP contribution in [0.1, 0.15) is 10.4 Å². The zero-order chi connectivity index (χ0) is 16.3. The zero-order valence-electron chi connectivity index (χ0n) is 11.8. The number of hydrogen-bond donors (Lipinski definition) is 4. The van der Waals surface area contributed by atoms with Crippen molar-refractivity contribution in [1.29, 1.82) is 0 Å². The number of ether oxygens (including phenoxy) is 3. The van der Waals surface area contributed by atoms with E-state index < -0.39 is 37.3 Å². The third-order valence-electron chi connectivity index (χ3n) is 3.43. The van der Waals surface area contributed by atoms with E-state index >= 15 is 0 Å². The number of aliphatic hydroxyl groups excluding tert-OH is 4. The minimum atomic E-state index is -1.52. The summed E-state index contributed by atoms with van der Waals surface area (Å²) in [4.78, 5) is 10.8. The Morgan fingerprint density at radius 2 is 1.95 bits per heavy atom. The molecule has 0 aliphatic carbocycles. The van der Waals surface area contributed by atoms with Gasteiger partial charge in [0.1, 0.15) is 35.9 Å². The highest BCUT2D eigenvalue weighted by Crippen LogP contribution is 2.28. The SMILES string of the molecule is COc1cc(OC2OC(CO)C(O)C(O)C2O)ccc1C=O. The van der Waals surface area contributed by atoms with E-state index in [-0.39, 0.29) is 11.5 Å². The molecule has 122 valence electrons. The molecule has 0 bridgehead atoms. The molecule has 5 unspecified atom stereocenters. The smallest absolute Gasteiger partial charge is 0.229 e. The Morgan fingerprint density at radius 3 is 2.55 bits per heavy atom. The first kappa shape index (κ1) is 16.7. The predicted molar refractivity (Wildman–Crippen MR) is 72.8 cm³/mol. The molecule has 2 rings (SSSR count). The Bertz CT molecular complexity index is 518. The van der Waals surface area contributed by atoms with Crippen LogP contribution in [0.4, 0.5) is 0 Å². The number of carbonyl (C=O) groups excluding carboxylic acids is 1. The average molecular weight is 314 g/mol. The fourth-order valence-electron chi connectivity index (χ4n) is 2.16. The molecule has 1 saturated heterocycles. The molecular weight excluding hydrogens is 296 g/mol. The molecule has 0 spiro atoms. The van der Waals surface area contributed by atoms with Gasteiger partial charge >= 0.3 is 0 Å². The van der Waals surface area contributed by atoms with Crippen molar-refractivity contribution in [3.05, 3.63) is 23.8 Å². The largest absolute Gasteiger partial charge is 0.496 e. The minimum absolute atomic E-state index is 0.228. The van der Waals surface area contributed by atoms with Crippen LogP contribution in [0.25, 0.3) is 0 Å². The first-order valence-corrected chi connectivity index (χ1v) is 6.62. The van der Waals surface area contributed by atoms with Crippen molar-refractivity contribution in [2.45, 2.75) is 30.7 Å². The van der Waals surface area contributed by atoms with Gasteiger partial charge in [-0.05, 0) is 12.1 Å². The Morgan fingerprint density at radius 1 is 1.23 bits per heavy atom. The van der Waals surface area contributed by atoms with Crippen molar-refractivity contribution in [2.75, 3.05) is 13.7 Å². The lowest BCUT2D eigenvalue weighted by molar-refractivity contribution is -0.277. The summed E-state index contributed by atoms with van der Waals surface area (Å²) in [6.45, 7) is -0.543. The topological polar surface area (TPSA) is 126 Å². The second kappa shape index (κ2) is 7.03. The summed E-state index contributed by atoms with van der Waals surface area (Å²) >= 11 is 0. The minimum Gasteiger partial charge on any atom is -0.496 e. The molecule has 22 heavy (non-hydrogen) atoms. The molecule has 0 saturated carbocycles. The van der Waals surface area contributed by atoms with Gasteiger partial charge in [0.25, 0.3) is 0 Å². The van der Waals surface area contributed by atoms with Crippen molar-refractivity contribution in [1.82, 2.24) is 0 Å². The highest BCUT2D eigenvalue weighted by molar-refractivity contribution is 5.79. The van der Waals surface area contributed by atoms with E-state index in [2.05, 4.69) is 0 Å². The molecule has 1 fully saturated rings. The molecule has 0 radical (unpaired) electrons. The normalized spacial score (nSPS) is 31.6. The van der Waals surface area contributed by atoms with Crippen LogP contribution in [0, 0.1) is 0 Å². The molecule has 8 nitrogen and oxygen atoms in total. The Kier molecular flexibility index (Phi) is 5.33. The maximum absolute atomic E-state index is 10.8.